The number of anilines is 1. The van der Waals surface area contributed by atoms with Gasteiger partial charge in [0.2, 0.25) is 28.3 Å². The van der Waals surface area contributed by atoms with Crippen LogP contribution in [-0.4, -0.2) is 173 Å². The van der Waals surface area contributed by atoms with Crippen molar-refractivity contribution in [2.45, 2.75) is 142 Å². The summed E-state index contributed by atoms with van der Waals surface area (Å²) in [6.07, 6.45) is 15.9. The van der Waals surface area contributed by atoms with Crippen molar-refractivity contribution in [3.8, 4) is 63.1 Å². The quantitative estimate of drug-likeness (QED) is 0.0152. The number of nitrogens with zero attached hydrogens (tertiary/aromatic N) is 9. The lowest BCUT2D eigenvalue weighted by Crippen LogP contribution is -2.34. The maximum absolute atomic E-state index is 12.6. The summed E-state index contributed by atoms with van der Waals surface area (Å²) in [6, 6.07) is 68.0. The molecule has 35 heteroatoms. The van der Waals surface area contributed by atoms with Crippen LogP contribution in [0.5, 0.6) is 51.7 Å². The summed E-state index contributed by atoms with van der Waals surface area (Å²) < 4.78 is 47.9. The number of amides is 5. The van der Waals surface area contributed by atoms with Crippen LogP contribution in [0.1, 0.15) is 123 Å². The average Bonchev–Trinajstić information content (AvgIpc) is 1.74. The van der Waals surface area contributed by atoms with Gasteiger partial charge in [0.05, 0.1) is 80.9 Å². The van der Waals surface area contributed by atoms with Crippen LogP contribution in [0.3, 0.4) is 0 Å². The first kappa shape index (κ1) is 112. The predicted octanol–water partition coefficient (Wildman–Crippen LogP) is 16.4. The van der Waals surface area contributed by atoms with Crippen LogP contribution in [0.2, 0.25) is 0 Å². The van der Waals surface area contributed by atoms with Crippen molar-refractivity contribution < 1.29 is 85.8 Å². The maximum Gasteiger partial charge on any atom is 0.287 e. The highest BCUT2D eigenvalue weighted by Gasteiger charge is 2.24. The zero-order valence-corrected chi connectivity index (χ0v) is 85.1. The number of ether oxygens (including phenoxy) is 9. The summed E-state index contributed by atoms with van der Waals surface area (Å²) in [7, 11) is 12.6. The molecule has 0 bridgehead atoms. The SMILES string of the molecule is COc1cc(C)ccc1CNC(=O)C(=O)CCCc1ccc(C)cn1.COc1cc(C)ccc1CNC(=O)C(=O)CCCc1ccccn1.COc1ccc(CNC(=O)C(=O)CCCc2ccccn2)c(OC)c1.COc1cccc(-c2nc(SCc3ccccn3)n[nH]2)c1OC.COc1cccc(CCC(=O)C(=O)NCCc2ccccn2)c1OC.Cc1ccc(OCC(=O)N(Cc2cccs2)c2ccn[nH]2)cc1. The summed E-state index contributed by atoms with van der Waals surface area (Å²) in [5, 5.41) is 27.2. The van der Waals surface area contributed by atoms with Crippen molar-refractivity contribution in [1.29, 1.82) is 0 Å². The number of pyridine rings is 5. The molecule has 33 nitrogen and oxygen atoms in total. The predicted molar refractivity (Wildman–Crippen MR) is 555 cm³/mol. The lowest BCUT2D eigenvalue weighted by molar-refractivity contribution is -0.138. The number of carbonyl (C=O) groups excluding carboxylic acids is 9. The fraction of sp³-hybridized carbons (Fsp3) is 0.282. The lowest BCUT2D eigenvalue weighted by Gasteiger charge is -2.20. The van der Waals surface area contributed by atoms with Crippen LogP contribution >= 0.6 is 23.1 Å². The van der Waals surface area contributed by atoms with Gasteiger partial charge >= 0.3 is 0 Å². The van der Waals surface area contributed by atoms with Gasteiger partial charge in [-0.15, -0.1) is 16.4 Å². The molecule has 6 aromatic carbocycles. The molecule has 0 aliphatic rings. The molecule has 14 rings (SSSR count). The molecule has 8 heterocycles. The van der Waals surface area contributed by atoms with Gasteiger partial charge in [0, 0.05) is 151 Å². The van der Waals surface area contributed by atoms with E-state index in [1.807, 2.05) is 221 Å². The Morgan fingerprint density at radius 2 is 0.848 bits per heavy atom. The Hall–Kier alpha value is -16.3. The number of methoxy groups -OCH3 is 8. The van der Waals surface area contributed by atoms with Crippen LogP contribution in [0.4, 0.5) is 5.82 Å². The highest BCUT2D eigenvalue weighted by molar-refractivity contribution is 7.98. The number of aryl methyl sites for hydroxylation is 8. The molecule has 0 radical (unpaired) electrons. The molecule has 0 spiro atoms. The summed E-state index contributed by atoms with van der Waals surface area (Å²) in [6.45, 7) is 9.55. The molecule has 14 aromatic rings. The molecule has 0 saturated carbocycles. The Kier molecular flexibility index (Phi) is 48.1. The number of rotatable bonds is 46. The van der Waals surface area contributed by atoms with E-state index >= 15 is 0 Å². The second kappa shape index (κ2) is 62.1. The Labute approximate surface area is 852 Å². The second-order valence-corrected chi connectivity index (χ2v) is 34.3. The number of benzene rings is 6. The molecule has 5 amide bonds. The highest BCUT2D eigenvalue weighted by atomic mass is 32.2. The Morgan fingerprint density at radius 3 is 1.32 bits per heavy atom. The number of Topliss-reactive ketones (excluding diaryl/α,β-unsaturated/α-hetero) is 4. The van der Waals surface area contributed by atoms with Crippen molar-refractivity contribution in [1.82, 2.24) is 71.6 Å². The molecule has 0 aliphatic carbocycles. The standard InChI is InChI=1S/C20H24N2O3.2C19H22N2O4.C19H22N2O3.C17H17N3O2S.C16H16N4O2S/c1-14-7-9-16(19(11-14)25-3)13-22-20(24)18(23)6-4-5-17-10-8-15(2)12-21-17;1-24-17-8-5-6-14(18(17)25-2)9-10-16(22)19(23)21-13-11-15-7-3-4-12-20-15;1-24-16-10-9-14(18(12-16)25-2)13-21-19(23)17(22)8-5-7-15-6-3-4-11-20-15;1-14-9-10-15(18(12-14)24-2)13-21-19(23)17(22)8-5-7-16-6-3-4-11-20-16;1-13-4-6-14(7-5-13)22-12-17(21)20(16-8-9-18-19-16)11-15-3-2-10-23-15;1-21-13-8-5-7-12(14(13)22-2)15-18-16(20-19-15)23-10-11-6-3-4-9-17-11/h7-12H,4-6,13H2,1-3H3,(H,22,24);3-8,12H,9-11,13H2,1-2H3,(H,21,23);3-4,6,9-12H,5,7-8,13H2,1-2H3,(H,21,23);3-4,6,9-12H,5,7-8,13H2,1-2H3,(H,21,23);2-10H,11-12H2,1H3,(H,18,19);3-9H,10H2,1-2H3,(H,18,19,20). The largest absolute Gasteiger partial charge is 0.497 e. The van der Waals surface area contributed by atoms with Crippen LogP contribution in [0.15, 0.2) is 266 Å². The molecular weight excluding hydrogens is 1880 g/mol. The van der Waals surface area contributed by atoms with Crippen LogP contribution in [-0.2, 0) is 107 Å². The zero-order chi connectivity index (χ0) is 104. The van der Waals surface area contributed by atoms with Crippen LogP contribution in [0, 0.1) is 27.7 Å². The monoisotopic (exact) mass is 2010 g/mol. The van der Waals surface area contributed by atoms with Crippen molar-refractivity contribution in [2.24, 2.45) is 0 Å². The summed E-state index contributed by atoms with van der Waals surface area (Å²) in [5.74, 6) is 3.79. The number of thioether (sulfide) groups is 1. The smallest absolute Gasteiger partial charge is 0.287 e. The molecule has 0 saturated heterocycles. The number of ketones is 4. The number of aromatic nitrogens is 10. The van der Waals surface area contributed by atoms with Gasteiger partial charge in [-0.25, -0.2) is 4.98 Å². The van der Waals surface area contributed by atoms with Gasteiger partial charge in [-0.1, -0.05) is 108 Å². The number of carbonyl (C=O) groups is 9. The number of hydrogen-bond donors (Lipinski definition) is 6. The highest BCUT2D eigenvalue weighted by Crippen LogP contribution is 2.38. The third-order valence-corrected chi connectivity index (χ3v) is 23.4. The molecule has 8 aromatic heterocycles. The molecule has 0 aliphatic heterocycles. The molecule has 0 fully saturated rings. The van der Waals surface area contributed by atoms with E-state index < -0.39 is 46.8 Å². The minimum absolute atomic E-state index is 0.0204. The van der Waals surface area contributed by atoms with E-state index in [2.05, 4.69) is 71.6 Å². The fourth-order valence-electron chi connectivity index (χ4n) is 13.9. The number of hydrogen-bond acceptors (Lipinski definition) is 28. The normalized spacial score (nSPS) is 10.3. The van der Waals surface area contributed by atoms with Crippen molar-refractivity contribution in [2.75, 3.05) is 74.9 Å². The second-order valence-electron chi connectivity index (χ2n) is 32.3. The Bertz CT molecular complexity index is 6370. The fourth-order valence-corrected chi connectivity index (χ4v) is 15.3. The van der Waals surface area contributed by atoms with E-state index in [-0.39, 0.29) is 57.8 Å². The van der Waals surface area contributed by atoms with Crippen molar-refractivity contribution in [3.63, 3.8) is 0 Å². The summed E-state index contributed by atoms with van der Waals surface area (Å²) in [4.78, 5) is 136. The van der Waals surface area contributed by atoms with Gasteiger partial charge in [-0.3, -0.25) is 83.2 Å². The summed E-state index contributed by atoms with van der Waals surface area (Å²) in [5.41, 5.74) is 13.1. The molecule has 145 heavy (non-hydrogen) atoms. The van der Waals surface area contributed by atoms with Crippen LogP contribution in [0.25, 0.3) is 11.4 Å². The Balaban J connectivity index is 0.000000194. The van der Waals surface area contributed by atoms with E-state index in [4.69, 9.17) is 42.6 Å². The molecule has 758 valence electrons. The van der Waals surface area contributed by atoms with Gasteiger partial charge in [0.15, 0.2) is 35.4 Å². The lowest BCUT2D eigenvalue weighted by atomic mass is 10.1. The number of nitrogens with one attached hydrogen (secondary N) is 6. The van der Waals surface area contributed by atoms with Crippen LogP contribution < -0.4 is 68.8 Å². The number of para-hydroxylation sites is 2. The molecule has 0 unspecified atom stereocenters. The third-order valence-electron chi connectivity index (χ3n) is 21.7. The van der Waals surface area contributed by atoms with E-state index in [9.17, 15) is 43.2 Å². The van der Waals surface area contributed by atoms with Gasteiger partial charge in [0.1, 0.15) is 34.6 Å². The van der Waals surface area contributed by atoms with Crippen molar-refractivity contribution in [3.05, 3.63) is 339 Å². The molecule has 6 N–H and O–H groups in total. The van der Waals surface area contributed by atoms with Gasteiger partial charge in [0.25, 0.3) is 29.5 Å². The van der Waals surface area contributed by atoms with Gasteiger partial charge in [-0.05, 0) is 216 Å². The van der Waals surface area contributed by atoms with E-state index in [1.54, 1.807) is 141 Å². The molecular formula is C110H123N15O18S2. The minimum Gasteiger partial charge on any atom is -0.497 e. The van der Waals surface area contributed by atoms with E-state index in [0.717, 1.165) is 83.4 Å². The number of thiophene rings is 1. The number of aromatic amines is 2. The maximum atomic E-state index is 12.6. The topological polar surface area (TPSA) is 423 Å². The van der Waals surface area contributed by atoms with Gasteiger partial charge < -0.3 is 63.9 Å². The van der Waals surface area contributed by atoms with E-state index in [0.29, 0.717) is 139 Å². The minimum atomic E-state index is -0.584. The average molecular weight is 2010 g/mol. The third kappa shape index (κ3) is 38.9. The molecule has 0 atom stereocenters. The van der Waals surface area contributed by atoms with Crippen molar-refractivity contribution >= 4 is 81.6 Å². The first-order valence-electron chi connectivity index (χ1n) is 46.6. The first-order chi connectivity index (χ1) is 70.4. The zero-order valence-electron chi connectivity index (χ0n) is 83.5. The summed E-state index contributed by atoms with van der Waals surface area (Å²) >= 11 is 3.14. The Morgan fingerprint density at radius 1 is 0.379 bits per heavy atom. The number of H-pyrrole nitrogens is 2. The first-order valence-corrected chi connectivity index (χ1v) is 48.5. The van der Waals surface area contributed by atoms with Gasteiger partial charge in [-0.2, -0.15) is 5.10 Å². The van der Waals surface area contributed by atoms with E-state index in [1.165, 1.54) is 11.8 Å².